The number of likely N-dealkylation sites (N-methyl/N-ethyl adjacent to an activating group) is 1. The number of nitrogen functional groups attached to an aromatic ring is 1. The second-order valence-electron chi connectivity index (χ2n) is 12.8. The number of phosphoric ester groups is 1. The number of aromatic nitrogens is 4. The highest BCUT2D eigenvalue weighted by Crippen LogP contribution is 2.61. The van der Waals surface area contributed by atoms with Crippen LogP contribution in [0.4, 0.5) is 10.2 Å². The first-order valence-electron chi connectivity index (χ1n) is 17.0. The zero-order valence-electron chi connectivity index (χ0n) is 29.9. The van der Waals surface area contributed by atoms with E-state index in [1.54, 1.807) is 48.5 Å². The number of ether oxygens (including phenoxy) is 2. The van der Waals surface area contributed by atoms with Crippen LogP contribution in [0.1, 0.15) is 45.0 Å². The molecule has 17 nitrogen and oxygen atoms in total. The summed E-state index contributed by atoms with van der Waals surface area (Å²) in [7, 11) is -10.4. The zero-order valence-corrected chi connectivity index (χ0v) is 32.5. The van der Waals surface area contributed by atoms with Gasteiger partial charge in [0.15, 0.2) is 23.9 Å². The number of phosphoric acid groups is 1. The number of aliphatic hydroxyl groups is 1. The van der Waals surface area contributed by atoms with Gasteiger partial charge < -0.3 is 34.6 Å². The van der Waals surface area contributed by atoms with Crippen molar-refractivity contribution in [2.75, 3.05) is 32.0 Å². The number of anilines is 1. The first-order chi connectivity index (χ1) is 25.5. The lowest BCUT2D eigenvalue weighted by Gasteiger charge is -2.30. The highest BCUT2D eigenvalue weighted by molar-refractivity contribution is 7.63. The van der Waals surface area contributed by atoms with Crippen molar-refractivity contribution >= 4 is 50.1 Å². The Morgan fingerprint density at radius 1 is 1.13 bits per heavy atom. The summed E-state index contributed by atoms with van der Waals surface area (Å²) in [5.41, 5.74) is 5.41. The van der Waals surface area contributed by atoms with Gasteiger partial charge in [-0.15, -0.1) is 0 Å². The van der Waals surface area contributed by atoms with Crippen molar-refractivity contribution in [3.63, 3.8) is 0 Å². The normalized spacial score (nSPS) is 21.2. The number of hydrogen-bond acceptors (Lipinski definition) is 14. The molecule has 1 fully saturated rings. The van der Waals surface area contributed by atoms with E-state index in [0.717, 1.165) is 24.0 Å². The van der Waals surface area contributed by atoms with Crippen LogP contribution in [0.5, 0.6) is 5.75 Å². The second kappa shape index (κ2) is 17.5. The first kappa shape index (κ1) is 41.6. The number of alkyl halides is 1. The maximum atomic E-state index is 15.4. The SMILES string of the molecule is CCN(CC)CCc1ccccc1OP(=O)(NC(C)(C)C(=O)OCc1ccccc1)OP(=O)(O)OC[C@H]1O[C@@H](n2cnc3c(N)nc(Cl)nc32)C(F)C1O. The van der Waals surface area contributed by atoms with E-state index in [4.69, 9.17) is 40.2 Å². The molecule has 3 heterocycles. The average Bonchev–Trinajstić information content (AvgIpc) is 3.66. The number of hydrogen-bond donors (Lipinski definition) is 4. The van der Waals surface area contributed by atoms with Gasteiger partial charge in [0.25, 0.3) is 0 Å². The van der Waals surface area contributed by atoms with Crippen molar-refractivity contribution in [2.24, 2.45) is 0 Å². The van der Waals surface area contributed by atoms with E-state index in [-0.39, 0.29) is 34.6 Å². The highest BCUT2D eigenvalue weighted by atomic mass is 35.5. The molecule has 21 heteroatoms. The van der Waals surface area contributed by atoms with E-state index < -0.39 is 58.3 Å². The highest BCUT2D eigenvalue weighted by Gasteiger charge is 2.49. The van der Waals surface area contributed by atoms with Gasteiger partial charge in [-0.1, -0.05) is 62.4 Å². The quantitative estimate of drug-likeness (QED) is 0.0591. The third-order valence-corrected chi connectivity index (χ3v) is 12.1. The van der Waals surface area contributed by atoms with Crippen LogP contribution in [0, 0.1) is 0 Å². The van der Waals surface area contributed by atoms with Crippen molar-refractivity contribution in [1.29, 1.82) is 0 Å². The summed E-state index contributed by atoms with van der Waals surface area (Å²) >= 11 is 5.92. The molecule has 294 valence electrons. The summed E-state index contributed by atoms with van der Waals surface area (Å²) in [6.45, 7) is 7.83. The molecule has 0 amide bonds. The summed E-state index contributed by atoms with van der Waals surface area (Å²) in [6, 6.07) is 15.4. The molecule has 1 aliphatic heterocycles. The van der Waals surface area contributed by atoms with Gasteiger partial charge >= 0.3 is 21.5 Å². The standard InChI is InChI=1S/C33H43ClFN7O10P2/c1-5-41(6-2)17-16-22-14-10-11-15-23(22)51-53(45,40-33(3,4)31(44)48-18-21-12-8-7-9-13-21)52-54(46,47)49-19-24-27(43)25(35)30(50-24)42-20-37-26-28(36)38-32(34)39-29(26)42/h7-15,20,24-25,27,30,43H,5-6,16-19H2,1-4H3,(H,40,45)(H,46,47)(H2,36,38,39)/t24-,25?,27?,30-,53?/m1/s1. The maximum absolute atomic E-state index is 15.4. The number of nitrogens with two attached hydrogens (primary N) is 1. The molecule has 1 aliphatic rings. The minimum Gasteiger partial charge on any atom is -0.459 e. The molecular weight excluding hydrogens is 771 g/mol. The molecule has 4 unspecified atom stereocenters. The topological polar surface area (TPSA) is 223 Å². The number of fused-ring (bicyclic) bond motifs is 1. The van der Waals surface area contributed by atoms with E-state index in [2.05, 4.69) is 24.9 Å². The number of esters is 1. The Labute approximate surface area is 316 Å². The summed E-state index contributed by atoms with van der Waals surface area (Å²) in [6.07, 6.45) is -5.44. The smallest absolute Gasteiger partial charge is 0.459 e. The molecule has 2 aromatic carbocycles. The third-order valence-electron chi connectivity index (χ3n) is 8.52. The van der Waals surface area contributed by atoms with Crippen LogP contribution in [-0.4, -0.2) is 90.5 Å². The Hall–Kier alpha value is -3.54. The van der Waals surface area contributed by atoms with Crippen LogP contribution in [0.25, 0.3) is 11.2 Å². The number of halogens is 2. The predicted octanol–water partition coefficient (Wildman–Crippen LogP) is 4.97. The van der Waals surface area contributed by atoms with E-state index in [9.17, 15) is 23.9 Å². The fourth-order valence-corrected chi connectivity index (χ4v) is 8.92. The van der Waals surface area contributed by atoms with Gasteiger partial charge in [-0.2, -0.15) is 19.4 Å². The number of carbonyl (C=O) groups excluding carboxylic acids is 1. The Morgan fingerprint density at radius 3 is 2.52 bits per heavy atom. The lowest BCUT2D eigenvalue weighted by atomic mass is 10.1. The van der Waals surface area contributed by atoms with E-state index in [1.165, 1.54) is 19.9 Å². The summed E-state index contributed by atoms with van der Waals surface area (Å²) < 4.78 is 71.8. The molecule has 0 spiro atoms. The van der Waals surface area contributed by atoms with E-state index >= 15 is 4.39 Å². The lowest BCUT2D eigenvalue weighted by Crippen LogP contribution is -2.46. The molecule has 54 heavy (non-hydrogen) atoms. The first-order valence-corrected chi connectivity index (χ1v) is 20.4. The largest absolute Gasteiger partial charge is 0.481 e. The zero-order chi connectivity index (χ0) is 39.3. The molecule has 4 aromatic rings. The van der Waals surface area contributed by atoms with Crippen molar-refractivity contribution in [3.05, 3.63) is 77.3 Å². The Bertz CT molecular complexity index is 2010. The van der Waals surface area contributed by atoms with Crippen LogP contribution in [-0.2, 0) is 45.3 Å². The number of imidazole rings is 1. The molecular formula is C33H43ClFN7O10P2. The number of benzene rings is 2. The van der Waals surface area contributed by atoms with Crippen LogP contribution in [0.15, 0.2) is 60.9 Å². The van der Waals surface area contributed by atoms with Crippen LogP contribution in [0.3, 0.4) is 0 Å². The molecule has 0 bridgehead atoms. The van der Waals surface area contributed by atoms with Crippen molar-refractivity contribution < 1.29 is 51.1 Å². The third kappa shape index (κ3) is 10.2. The summed E-state index contributed by atoms with van der Waals surface area (Å²) in [5, 5.41) is 12.9. The van der Waals surface area contributed by atoms with Gasteiger partial charge in [-0.3, -0.25) is 13.9 Å². The molecule has 5 N–H and O–H groups in total. The summed E-state index contributed by atoms with van der Waals surface area (Å²) in [4.78, 5) is 38.2. The van der Waals surface area contributed by atoms with E-state index in [1.807, 2.05) is 13.8 Å². The van der Waals surface area contributed by atoms with E-state index in [0.29, 0.717) is 24.1 Å². The number of aliphatic hydroxyl groups excluding tert-OH is 1. The average molecular weight is 814 g/mol. The van der Waals surface area contributed by atoms with Gasteiger partial charge in [-0.25, -0.2) is 18.5 Å². The van der Waals surface area contributed by atoms with Gasteiger partial charge in [0.05, 0.1) is 12.9 Å². The van der Waals surface area contributed by atoms with Crippen LogP contribution >= 0.6 is 27.2 Å². The Kier molecular flexibility index (Phi) is 13.5. The molecule has 2 aromatic heterocycles. The van der Waals surface area contributed by atoms with Crippen molar-refractivity contribution in [3.8, 4) is 5.75 Å². The fraction of sp³-hybridized carbons (Fsp3) is 0.455. The fourth-order valence-electron chi connectivity index (χ4n) is 5.59. The number of carbonyl (C=O) groups is 1. The monoisotopic (exact) mass is 813 g/mol. The number of nitrogens with one attached hydrogen (secondary N) is 1. The summed E-state index contributed by atoms with van der Waals surface area (Å²) in [5.74, 6) is -0.913. The lowest BCUT2D eigenvalue weighted by molar-refractivity contribution is -0.151. The van der Waals surface area contributed by atoms with Crippen LogP contribution < -0.4 is 15.3 Å². The molecule has 0 radical (unpaired) electrons. The number of para-hydroxylation sites is 1. The van der Waals surface area contributed by atoms with Gasteiger partial charge in [0, 0.05) is 6.54 Å². The molecule has 5 rings (SSSR count). The number of nitrogens with zero attached hydrogens (tertiary/aromatic N) is 5. The predicted molar refractivity (Wildman–Crippen MR) is 196 cm³/mol. The minimum atomic E-state index is -5.42. The maximum Gasteiger partial charge on any atom is 0.481 e. The van der Waals surface area contributed by atoms with Crippen molar-refractivity contribution in [1.82, 2.24) is 29.5 Å². The van der Waals surface area contributed by atoms with Crippen LogP contribution in [0.2, 0.25) is 5.28 Å². The molecule has 1 saturated heterocycles. The molecule has 0 aliphatic carbocycles. The molecule has 6 atom stereocenters. The number of rotatable bonds is 18. The Balaban J connectivity index is 1.34. The Morgan fingerprint density at radius 2 is 1.81 bits per heavy atom. The van der Waals surface area contributed by atoms with Crippen molar-refractivity contribution in [2.45, 2.75) is 70.9 Å². The second-order valence-corrected chi connectivity index (χ2v) is 16.4. The van der Waals surface area contributed by atoms with Gasteiger partial charge in [0.2, 0.25) is 5.28 Å². The molecule has 0 saturated carbocycles. The van der Waals surface area contributed by atoms with Gasteiger partial charge in [-0.05, 0) is 62.2 Å². The van der Waals surface area contributed by atoms with Gasteiger partial charge in [0.1, 0.15) is 35.6 Å². The minimum absolute atomic E-state index is 0.0107.